The van der Waals surface area contributed by atoms with E-state index in [1.165, 1.54) is 0 Å². The number of aldehydes is 1. The van der Waals surface area contributed by atoms with Gasteiger partial charge in [0.25, 0.3) is 0 Å². The van der Waals surface area contributed by atoms with Crippen molar-refractivity contribution < 1.29 is 9.53 Å². The molecule has 4 heteroatoms. The molecule has 0 fully saturated rings. The van der Waals surface area contributed by atoms with E-state index in [1.807, 2.05) is 12.1 Å². The second-order valence-corrected chi connectivity index (χ2v) is 5.20. The SMILES string of the molecule is COc1ccc(C=O)c2cc(Br)sc12. The molecule has 14 heavy (non-hydrogen) atoms. The van der Waals surface area contributed by atoms with Gasteiger partial charge in [0.1, 0.15) is 5.75 Å². The highest BCUT2D eigenvalue weighted by molar-refractivity contribution is 9.11. The van der Waals surface area contributed by atoms with E-state index in [0.717, 1.165) is 25.9 Å². The number of carbonyl (C=O) groups excluding carboxylic acids is 1. The van der Waals surface area contributed by atoms with E-state index in [0.29, 0.717) is 5.56 Å². The Bertz CT molecular complexity index is 490. The molecule has 2 aromatic rings. The van der Waals surface area contributed by atoms with Crippen molar-refractivity contribution in [2.45, 2.75) is 0 Å². The number of hydrogen-bond acceptors (Lipinski definition) is 3. The molecule has 0 aliphatic heterocycles. The third-order valence-corrected chi connectivity index (χ3v) is 3.65. The lowest BCUT2D eigenvalue weighted by atomic mass is 10.1. The van der Waals surface area contributed by atoms with E-state index < -0.39 is 0 Å². The van der Waals surface area contributed by atoms with Crippen LogP contribution in [0.4, 0.5) is 0 Å². The third-order valence-electron chi connectivity index (χ3n) is 2.00. The van der Waals surface area contributed by atoms with Crippen LogP contribution in [0.3, 0.4) is 0 Å². The largest absolute Gasteiger partial charge is 0.495 e. The number of rotatable bonds is 2. The lowest BCUT2D eigenvalue weighted by Gasteiger charge is -2.01. The number of benzene rings is 1. The summed E-state index contributed by atoms with van der Waals surface area (Å²) in [5.74, 6) is 0.807. The molecule has 1 heterocycles. The molecular weight excluding hydrogens is 264 g/mol. The Balaban J connectivity index is 2.83. The Morgan fingerprint density at radius 2 is 2.29 bits per heavy atom. The molecule has 0 amide bonds. The van der Waals surface area contributed by atoms with Crippen molar-refractivity contribution >= 4 is 43.6 Å². The number of methoxy groups -OCH3 is 1. The molecule has 0 saturated heterocycles. The van der Waals surface area contributed by atoms with E-state index in [-0.39, 0.29) is 0 Å². The van der Waals surface area contributed by atoms with Crippen molar-refractivity contribution in [3.05, 3.63) is 27.5 Å². The fourth-order valence-corrected chi connectivity index (χ4v) is 2.98. The van der Waals surface area contributed by atoms with Gasteiger partial charge >= 0.3 is 0 Å². The first kappa shape index (κ1) is 9.68. The summed E-state index contributed by atoms with van der Waals surface area (Å²) in [6.45, 7) is 0. The van der Waals surface area contributed by atoms with Crippen LogP contribution in [0.25, 0.3) is 10.1 Å². The van der Waals surface area contributed by atoms with Gasteiger partial charge in [-0.1, -0.05) is 0 Å². The molecule has 0 N–H and O–H groups in total. The standard InChI is InChI=1S/C10H7BrO2S/c1-13-8-3-2-6(5-12)7-4-9(11)14-10(7)8/h2-5H,1H3. The number of hydrogen-bond donors (Lipinski definition) is 0. The molecule has 0 unspecified atom stereocenters. The van der Waals surface area contributed by atoms with Crippen molar-refractivity contribution in [3.63, 3.8) is 0 Å². The minimum Gasteiger partial charge on any atom is -0.495 e. The lowest BCUT2D eigenvalue weighted by molar-refractivity contribution is 0.112. The molecule has 0 radical (unpaired) electrons. The Morgan fingerprint density at radius 1 is 1.50 bits per heavy atom. The van der Waals surface area contributed by atoms with E-state index in [4.69, 9.17) is 4.74 Å². The van der Waals surface area contributed by atoms with Gasteiger partial charge in [-0.25, -0.2) is 0 Å². The summed E-state index contributed by atoms with van der Waals surface area (Å²) in [7, 11) is 1.63. The number of thiophene rings is 1. The number of ether oxygens (including phenoxy) is 1. The predicted molar refractivity (Wildman–Crippen MR) is 61.5 cm³/mol. The maximum atomic E-state index is 10.8. The quantitative estimate of drug-likeness (QED) is 0.781. The topological polar surface area (TPSA) is 26.3 Å². The van der Waals surface area contributed by atoms with Gasteiger partial charge in [0.15, 0.2) is 6.29 Å². The second-order valence-electron chi connectivity index (χ2n) is 2.77. The van der Waals surface area contributed by atoms with Crippen molar-refractivity contribution in [3.8, 4) is 5.75 Å². The van der Waals surface area contributed by atoms with Crippen molar-refractivity contribution in [1.82, 2.24) is 0 Å². The van der Waals surface area contributed by atoms with E-state index in [9.17, 15) is 4.79 Å². The van der Waals surface area contributed by atoms with Gasteiger partial charge in [-0.2, -0.15) is 0 Å². The number of fused-ring (bicyclic) bond motifs is 1. The Kier molecular flexibility index (Phi) is 2.56. The fraction of sp³-hybridized carbons (Fsp3) is 0.100. The van der Waals surface area contributed by atoms with Crippen LogP contribution in [-0.4, -0.2) is 13.4 Å². The Hall–Kier alpha value is -0.870. The molecule has 0 aliphatic carbocycles. The molecule has 1 aromatic carbocycles. The summed E-state index contributed by atoms with van der Waals surface area (Å²) in [5, 5.41) is 0.941. The molecule has 0 spiro atoms. The molecule has 2 rings (SSSR count). The van der Waals surface area contributed by atoms with Crippen LogP contribution in [0.2, 0.25) is 0 Å². The van der Waals surface area contributed by atoms with Crippen molar-refractivity contribution in [2.24, 2.45) is 0 Å². The van der Waals surface area contributed by atoms with Gasteiger partial charge in [-0.15, -0.1) is 11.3 Å². The highest BCUT2D eigenvalue weighted by Gasteiger charge is 2.09. The van der Waals surface area contributed by atoms with Crippen LogP contribution in [0.1, 0.15) is 10.4 Å². The Morgan fingerprint density at radius 3 is 2.93 bits per heavy atom. The van der Waals surface area contributed by atoms with Gasteiger partial charge in [-0.3, -0.25) is 4.79 Å². The van der Waals surface area contributed by atoms with Gasteiger partial charge in [-0.05, 0) is 34.1 Å². The first-order valence-electron chi connectivity index (χ1n) is 3.97. The van der Waals surface area contributed by atoms with Crippen LogP contribution >= 0.6 is 27.3 Å². The highest BCUT2D eigenvalue weighted by Crippen LogP contribution is 2.37. The molecule has 2 nitrogen and oxygen atoms in total. The first-order chi connectivity index (χ1) is 6.76. The van der Waals surface area contributed by atoms with E-state index in [1.54, 1.807) is 24.5 Å². The van der Waals surface area contributed by atoms with Crippen LogP contribution < -0.4 is 4.74 Å². The zero-order valence-electron chi connectivity index (χ0n) is 7.41. The summed E-state index contributed by atoms with van der Waals surface area (Å²) in [6, 6.07) is 5.52. The number of carbonyl (C=O) groups is 1. The molecular formula is C10H7BrO2S. The summed E-state index contributed by atoms with van der Waals surface area (Å²) < 4.78 is 7.22. The van der Waals surface area contributed by atoms with Gasteiger partial charge in [0.2, 0.25) is 0 Å². The Labute approximate surface area is 93.6 Å². The summed E-state index contributed by atoms with van der Waals surface area (Å²) in [6.07, 6.45) is 0.862. The number of halogens is 1. The van der Waals surface area contributed by atoms with Crippen molar-refractivity contribution in [2.75, 3.05) is 7.11 Å². The molecule has 1 aromatic heterocycles. The van der Waals surface area contributed by atoms with Crippen LogP contribution in [0.5, 0.6) is 5.75 Å². The van der Waals surface area contributed by atoms with Crippen LogP contribution in [0.15, 0.2) is 22.0 Å². The molecule has 72 valence electrons. The smallest absolute Gasteiger partial charge is 0.150 e. The van der Waals surface area contributed by atoms with Gasteiger partial charge < -0.3 is 4.74 Å². The predicted octanol–water partition coefficient (Wildman–Crippen LogP) is 3.48. The average molecular weight is 271 g/mol. The molecule has 0 bridgehead atoms. The minimum atomic E-state index is 0.697. The third kappa shape index (κ3) is 1.44. The van der Waals surface area contributed by atoms with Crippen molar-refractivity contribution in [1.29, 1.82) is 0 Å². The van der Waals surface area contributed by atoms with E-state index >= 15 is 0 Å². The normalized spacial score (nSPS) is 10.4. The lowest BCUT2D eigenvalue weighted by Crippen LogP contribution is -1.85. The average Bonchev–Trinajstić information content (AvgIpc) is 2.57. The molecule has 0 atom stereocenters. The zero-order valence-corrected chi connectivity index (χ0v) is 9.81. The second kappa shape index (κ2) is 3.71. The van der Waals surface area contributed by atoms with E-state index in [2.05, 4.69) is 15.9 Å². The van der Waals surface area contributed by atoms with Gasteiger partial charge in [0.05, 0.1) is 15.6 Å². The highest BCUT2D eigenvalue weighted by atomic mass is 79.9. The fourth-order valence-electron chi connectivity index (χ4n) is 1.35. The maximum Gasteiger partial charge on any atom is 0.150 e. The maximum absolute atomic E-state index is 10.8. The molecule has 0 saturated carbocycles. The summed E-state index contributed by atoms with van der Waals surface area (Å²) >= 11 is 4.96. The molecule has 0 aliphatic rings. The van der Waals surface area contributed by atoms with Crippen LogP contribution in [0, 0.1) is 0 Å². The van der Waals surface area contributed by atoms with Crippen LogP contribution in [-0.2, 0) is 0 Å². The first-order valence-corrected chi connectivity index (χ1v) is 5.58. The zero-order chi connectivity index (χ0) is 10.1. The minimum absolute atomic E-state index is 0.697. The van der Waals surface area contributed by atoms with Gasteiger partial charge in [0, 0.05) is 10.9 Å². The summed E-state index contributed by atoms with van der Waals surface area (Å²) in [4.78, 5) is 10.8. The summed E-state index contributed by atoms with van der Waals surface area (Å²) in [5.41, 5.74) is 0.697. The monoisotopic (exact) mass is 270 g/mol.